The standard InChI is InChI=1S/C18H14O2/c1-12(18(19)20)9-15-7-4-8-16-10-13-5-2-3-6-14(13)11-17(15)16/h2-11H,1H3,(H,19,20)/b12-9+. The summed E-state index contributed by atoms with van der Waals surface area (Å²) in [5.74, 6) is -0.886. The van der Waals surface area contributed by atoms with Gasteiger partial charge >= 0.3 is 5.97 Å². The highest BCUT2D eigenvalue weighted by Crippen LogP contribution is 2.26. The van der Waals surface area contributed by atoms with Gasteiger partial charge in [-0.25, -0.2) is 4.79 Å². The summed E-state index contributed by atoms with van der Waals surface area (Å²) in [7, 11) is 0. The molecule has 0 saturated heterocycles. The summed E-state index contributed by atoms with van der Waals surface area (Å²) in [5.41, 5.74) is 1.28. The molecule has 3 aromatic carbocycles. The zero-order valence-electron chi connectivity index (χ0n) is 11.1. The van der Waals surface area contributed by atoms with Gasteiger partial charge in [0, 0.05) is 5.57 Å². The first kappa shape index (κ1) is 12.4. The van der Waals surface area contributed by atoms with Gasteiger partial charge in [-0.05, 0) is 52.2 Å². The van der Waals surface area contributed by atoms with Crippen LogP contribution in [0.1, 0.15) is 12.5 Å². The molecule has 0 unspecified atom stereocenters. The highest BCUT2D eigenvalue weighted by molar-refractivity contribution is 6.03. The maximum atomic E-state index is 11.0. The first-order chi connectivity index (χ1) is 9.65. The Hall–Kier alpha value is -2.61. The van der Waals surface area contributed by atoms with Crippen LogP contribution in [0.3, 0.4) is 0 Å². The molecule has 2 heteroatoms. The minimum atomic E-state index is -0.886. The Kier molecular flexibility index (Phi) is 2.99. The van der Waals surface area contributed by atoms with E-state index in [2.05, 4.69) is 30.3 Å². The predicted octanol–water partition coefficient (Wildman–Crippen LogP) is 4.48. The Morgan fingerprint density at radius 3 is 2.30 bits per heavy atom. The second kappa shape index (κ2) is 4.82. The van der Waals surface area contributed by atoms with E-state index in [9.17, 15) is 4.79 Å². The molecule has 0 radical (unpaired) electrons. The van der Waals surface area contributed by atoms with Crippen LogP contribution in [-0.2, 0) is 4.79 Å². The smallest absolute Gasteiger partial charge is 0.331 e. The third-order valence-corrected chi connectivity index (χ3v) is 3.49. The van der Waals surface area contributed by atoms with Gasteiger partial charge < -0.3 is 5.11 Å². The van der Waals surface area contributed by atoms with Gasteiger partial charge in [0.05, 0.1) is 0 Å². The highest BCUT2D eigenvalue weighted by Gasteiger charge is 2.04. The van der Waals surface area contributed by atoms with Gasteiger partial charge in [-0.3, -0.25) is 0 Å². The van der Waals surface area contributed by atoms with Crippen LogP contribution in [0.2, 0.25) is 0 Å². The minimum absolute atomic E-state index is 0.339. The lowest BCUT2D eigenvalue weighted by molar-refractivity contribution is -0.132. The van der Waals surface area contributed by atoms with Crippen molar-refractivity contribution < 1.29 is 9.90 Å². The van der Waals surface area contributed by atoms with Crippen LogP contribution in [0.5, 0.6) is 0 Å². The van der Waals surface area contributed by atoms with E-state index in [1.54, 1.807) is 13.0 Å². The Balaban J connectivity index is 2.31. The molecule has 0 aliphatic carbocycles. The number of rotatable bonds is 2. The average Bonchev–Trinajstić information content (AvgIpc) is 2.45. The van der Waals surface area contributed by atoms with Crippen molar-refractivity contribution in [2.45, 2.75) is 6.92 Å². The first-order valence-electron chi connectivity index (χ1n) is 6.48. The number of hydrogen-bond donors (Lipinski definition) is 1. The summed E-state index contributed by atoms with van der Waals surface area (Å²) in [6.07, 6.45) is 1.72. The lowest BCUT2D eigenvalue weighted by atomic mass is 9.98. The Labute approximate surface area is 117 Å². The van der Waals surface area contributed by atoms with E-state index in [1.807, 2.05) is 24.3 Å². The molecular weight excluding hydrogens is 248 g/mol. The van der Waals surface area contributed by atoms with Gasteiger partial charge in [0.2, 0.25) is 0 Å². The van der Waals surface area contributed by atoms with Crippen LogP contribution in [-0.4, -0.2) is 11.1 Å². The molecule has 3 rings (SSSR count). The fourth-order valence-electron chi connectivity index (χ4n) is 2.41. The number of benzene rings is 3. The van der Waals surface area contributed by atoms with E-state index < -0.39 is 5.97 Å². The second-order valence-electron chi connectivity index (χ2n) is 4.90. The lowest BCUT2D eigenvalue weighted by Crippen LogP contribution is -1.95. The van der Waals surface area contributed by atoms with Gasteiger partial charge in [-0.2, -0.15) is 0 Å². The fraction of sp³-hybridized carbons (Fsp3) is 0.0556. The third-order valence-electron chi connectivity index (χ3n) is 3.49. The molecule has 3 aromatic rings. The monoisotopic (exact) mass is 262 g/mol. The molecule has 0 aromatic heterocycles. The molecule has 0 atom stereocenters. The Bertz CT molecular complexity index is 844. The van der Waals surface area contributed by atoms with E-state index in [0.29, 0.717) is 5.57 Å². The van der Waals surface area contributed by atoms with Crippen molar-refractivity contribution in [2.24, 2.45) is 0 Å². The molecule has 98 valence electrons. The van der Waals surface area contributed by atoms with E-state index in [4.69, 9.17) is 5.11 Å². The van der Waals surface area contributed by atoms with Crippen LogP contribution in [0.15, 0.2) is 60.2 Å². The number of fused-ring (bicyclic) bond motifs is 2. The van der Waals surface area contributed by atoms with Gasteiger partial charge in [0.25, 0.3) is 0 Å². The molecule has 0 aliphatic heterocycles. The van der Waals surface area contributed by atoms with Crippen molar-refractivity contribution in [3.05, 3.63) is 65.7 Å². The van der Waals surface area contributed by atoms with Gasteiger partial charge in [-0.15, -0.1) is 0 Å². The number of carboxylic acids is 1. The van der Waals surface area contributed by atoms with Crippen molar-refractivity contribution in [3.8, 4) is 0 Å². The van der Waals surface area contributed by atoms with Crippen LogP contribution in [0.25, 0.3) is 27.6 Å². The molecule has 0 aliphatic rings. The molecule has 0 bridgehead atoms. The van der Waals surface area contributed by atoms with E-state index in [1.165, 1.54) is 5.39 Å². The molecule has 0 saturated carbocycles. The number of aliphatic carboxylic acids is 1. The highest BCUT2D eigenvalue weighted by atomic mass is 16.4. The molecule has 0 fully saturated rings. The molecule has 0 heterocycles. The number of hydrogen-bond acceptors (Lipinski definition) is 1. The normalized spacial score (nSPS) is 11.9. The molecule has 0 amide bonds. The SMILES string of the molecule is C/C(=C\c1cccc2cc3ccccc3cc12)C(=O)O. The zero-order chi connectivity index (χ0) is 14.1. The van der Waals surface area contributed by atoms with Crippen LogP contribution in [0, 0.1) is 0 Å². The minimum Gasteiger partial charge on any atom is -0.478 e. The number of carboxylic acid groups (broad SMARTS) is 1. The molecule has 1 N–H and O–H groups in total. The third kappa shape index (κ3) is 2.16. The lowest BCUT2D eigenvalue weighted by Gasteiger charge is -2.06. The summed E-state index contributed by atoms with van der Waals surface area (Å²) < 4.78 is 0. The Morgan fingerprint density at radius 2 is 1.60 bits per heavy atom. The molecule has 0 spiro atoms. The van der Waals surface area contributed by atoms with E-state index in [0.717, 1.165) is 21.7 Å². The summed E-state index contributed by atoms with van der Waals surface area (Å²) in [6, 6.07) is 18.4. The van der Waals surface area contributed by atoms with Crippen molar-refractivity contribution in [1.29, 1.82) is 0 Å². The van der Waals surface area contributed by atoms with Crippen molar-refractivity contribution in [3.63, 3.8) is 0 Å². The number of carbonyl (C=O) groups is 1. The van der Waals surface area contributed by atoms with Crippen LogP contribution in [0.4, 0.5) is 0 Å². The summed E-state index contributed by atoms with van der Waals surface area (Å²) in [6.45, 7) is 1.61. The summed E-state index contributed by atoms with van der Waals surface area (Å²) in [4.78, 5) is 11.0. The summed E-state index contributed by atoms with van der Waals surface area (Å²) in [5, 5.41) is 13.6. The fourth-order valence-corrected chi connectivity index (χ4v) is 2.41. The quantitative estimate of drug-likeness (QED) is 0.546. The van der Waals surface area contributed by atoms with Gasteiger partial charge in [-0.1, -0.05) is 42.5 Å². The van der Waals surface area contributed by atoms with Crippen LogP contribution < -0.4 is 0 Å². The van der Waals surface area contributed by atoms with Crippen molar-refractivity contribution >= 4 is 33.6 Å². The average molecular weight is 262 g/mol. The maximum absolute atomic E-state index is 11.0. The predicted molar refractivity (Wildman–Crippen MR) is 82.7 cm³/mol. The van der Waals surface area contributed by atoms with Gasteiger partial charge in [0.1, 0.15) is 0 Å². The topological polar surface area (TPSA) is 37.3 Å². The van der Waals surface area contributed by atoms with Crippen LogP contribution >= 0.6 is 0 Å². The van der Waals surface area contributed by atoms with E-state index in [-0.39, 0.29) is 0 Å². The second-order valence-corrected chi connectivity index (χ2v) is 4.90. The zero-order valence-corrected chi connectivity index (χ0v) is 11.1. The molecular formula is C18H14O2. The van der Waals surface area contributed by atoms with Crippen molar-refractivity contribution in [1.82, 2.24) is 0 Å². The first-order valence-corrected chi connectivity index (χ1v) is 6.48. The Morgan fingerprint density at radius 1 is 0.950 bits per heavy atom. The van der Waals surface area contributed by atoms with Gasteiger partial charge in [0.15, 0.2) is 0 Å². The largest absolute Gasteiger partial charge is 0.478 e. The maximum Gasteiger partial charge on any atom is 0.331 e. The van der Waals surface area contributed by atoms with E-state index >= 15 is 0 Å². The van der Waals surface area contributed by atoms with Crippen molar-refractivity contribution in [2.75, 3.05) is 0 Å². The summed E-state index contributed by atoms with van der Waals surface area (Å²) >= 11 is 0. The molecule has 2 nitrogen and oxygen atoms in total. The molecule has 20 heavy (non-hydrogen) atoms.